The number of nitrogens with one attached hydrogen (secondary N) is 1. The number of carbonyl (C=O) groups is 3. The number of fused-ring (bicyclic) bond motifs is 1. The van der Waals surface area contributed by atoms with Crippen molar-refractivity contribution >= 4 is 45.8 Å². The number of rotatable bonds is 7. The molecule has 0 aliphatic carbocycles. The van der Waals surface area contributed by atoms with Gasteiger partial charge in [0.25, 0.3) is 11.8 Å². The van der Waals surface area contributed by atoms with E-state index in [1.807, 2.05) is 32.9 Å². The lowest BCUT2D eigenvalue weighted by atomic mass is 9.99. The van der Waals surface area contributed by atoms with Crippen molar-refractivity contribution in [2.24, 2.45) is 5.73 Å². The van der Waals surface area contributed by atoms with Crippen LogP contribution >= 0.6 is 11.5 Å². The average molecular weight is 518 g/mol. The number of primary amides is 1. The molecule has 5 N–H and O–H groups in total. The van der Waals surface area contributed by atoms with Crippen LogP contribution in [0.3, 0.4) is 0 Å². The predicted molar refractivity (Wildman–Crippen MR) is 142 cm³/mol. The molecule has 1 atom stereocenters. The Morgan fingerprint density at radius 3 is 2.51 bits per heavy atom. The van der Waals surface area contributed by atoms with Crippen LogP contribution in [-0.4, -0.2) is 42.5 Å². The quantitative estimate of drug-likeness (QED) is 0.340. The third kappa shape index (κ3) is 5.72. The summed E-state index contributed by atoms with van der Waals surface area (Å²) in [5.41, 5.74) is 12.6. The summed E-state index contributed by atoms with van der Waals surface area (Å²) in [6.45, 7) is 5.63. The van der Waals surface area contributed by atoms with Crippen LogP contribution in [0, 0.1) is 0 Å². The molecule has 3 amide bonds. The Hall–Kier alpha value is -4.38. The summed E-state index contributed by atoms with van der Waals surface area (Å²) < 4.78 is 3.98. The van der Waals surface area contributed by atoms with Crippen LogP contribution in [0.25, 0.3) is 10.9 Å². The molecule has 0 fully saturated rings. The van der Waals surface area contributed by atoms with Gasteiger partial charge in [-0.2, -0.15) is 4.37 Å². The molecule has 1 aromatic carbocycles. The van der Waals surface area contributed by atoms with E-state index in [0.29, 0.717) is 11.1 Å². The standard InChI is InChI=1S/C26H27N7O3S/c1-26(2,3)31-24(35)21(17-8-9-18-16(12-17)7-5-11-30-18)33(14-15-6-4-10-29-13-15)25(36)22-19(27)20(23(28)34)32-37-22/h4-13,21H,14,27H2,1-3H3,(H2,28,34)(H,31,35)/t21-/m1/s1. The topological polar surface area (TPSA) is 157 Å². The van der Waals surface area contributed by atoms with E-state index in [1.165, 1.54) is 4.90 Å². The number of amides is 3. The van der Waals surface area contributed by atoms with Crippen LogP contribution in [0.15, 0.2) is 61.1 Å². The smallest absolute Gasteiger partial charge is 0.270 e. The number of hydrogen-bond donors (Lipinski definition) is 3. The predicted octanol–water partition coefficient (Wildman–Crippen LogP) is 3.07. The van der Waals surface area contributed by atoms with Crippen LogP contribution in [-0.2, 0) is 11.3 Å². The number of nitrogen functional groups attached to an aromatic ring is 1. The van der Waals surface area contributed by atoms with Gasteiger partial charge in [-0.3, -0.25) is 24.4 Å². The minimum absolute atomic E-state index is 0.0219. The van der Waals surface area contributed by atoms with Crippen molar-refractivity contribution in [1.29, 1.82) is 0 Å². The summed E-state index contributed by atoms with van der Waals surface area (Å²) in [6.07, 6.45) is 4.93. The maximum atomic E-state index is 14.0. The van der Waals surface area contributed by atoms with Crippen molar-refractivity contribution in [2.75, 3.05) is 5.73 Å². The maximum absolute atomic E-state index is 14.0. The molecule has 190 valence electrons. The molecule has 0 saturated heterocycles. The van der Waals surface area contributed by atoms with Gasteiger partial charge in [0.05, 0.1) is 11.2 Å². The molecule has 0 aliphatic rings. The first kappa shape index (κ1) is 25.7. The SMILES string of the molecule is CC(C)(C)NC(=O)[C@@H](c1ccc2ncccc2c1)N(Cc1cccnc1)C(=O)c1snc(C(N)=O)c1N. The second kappa shape index (κ2) is 10.3. The molecule has 0 saturated carbocycles. The fourth-order valence-corrected chi connectivity index (χ4v) is 4.66. The number of aromatic nitrogens is 3. The fourth-order valence-electron chi connectivity index (χ4n) is 3.90. The molecule has 3 heterocycles. The first-order valence-electron chi connectivity index (χ1n) is 11.5. The van der Waals surface area contributed by atoms with Crippen molar-refractivity contribution in [3.05, 3.63) is 82.8 Å². The molecular weight excluding hydrogens is 490 g/mol. The lowest BCUT2D eigenvalue weighted by molar-refractivity contribution is -0.127. The first-order valence-corrected chi connectivity index (χ1v) is 12.2. The highest BCUT2D eigenvalue weighted by Gasteiger charge is 2.36. The minimum atomic E-state index is -1.05. The van der Waals surface area contributed by atoms with E-state index in [4.69, 9.17) is 11.5 Å². The summed E-state index contributed by atoms with van der Waals surface area (Å²) >= 11 is 0.767. The van der Waals surface area contributed by atoms with Crippen molar-refractivity contribution in [2.45, 2.75) is 38.9 Å². The molecular formula is C26H27N7O3S. The molecule has 0 bridgehead atoms. The Bertz CT molecular complexity index is 1460. The van der Waals surface area contributed by atoms with Crippen molar-refractivity contribution in [1.82, 2.24) is 24.6 Å². The van der Waals surface area contributed by atoms with Gasteiger partial charge in [0.2, 0.25) is 5.91 Å². The van der Waals surface area contributed by atoms with Gasteiger partial charge in [-0.05, 0) is 67.7 Å². The number of nitrogens with zero attached hydrogens (tertiary/aromatic N) is 4. The molecule has 10 nitrogen and oxygen atoms in total. The lowest BCUT2D eigenvalue weighted by Gasteiger charge is -2.33. The van der Waals surface area contributed by atoms with E-state index in [1.54, 1.807) is 48.9 Å². The Morgan fingerprint density at radius 2 is 1.86 bits per heavy atom. The second-order valence-corrected chi connectivity index (χ2v) is 10.3. The normalized spacial score (nSPS) is 12.2. The highest BCUT2D eigenvalue weighted by atomic mass is 32.1. The first-order chi connectivity index (χ1) is 17.5. The van der Waals surface area contributed by atoms with E-state index >= 15 is 0 Å². The van der Waals surface area contributed by atoms with E-state index in [9.17, 15) is 14.4 Å². The van der Waals surface area contributed by atoms with Gasteiger partial charge >= 0.3 is 0 Å². The van der Waals surface area contributed by atoms with Gasteiger partial charge in [-0.15, -0.1) is 0 Å². The molecule has 0 unspecified atom stereocenters. The Kier molecular flexibility index (Phi) is 7.16. The van der Waals surface area contributed by atoms with Gasteiger partial charge in [0, 0.05) is 36.1 Å². The van der Waals surface area contributed by atoms with E-state index in [2.05, 4.69) is 19.7 Å². The van der Waals surface area contributed by atoms with Gasteiger partial charge in [0.15, 0.2) is 5.69 Å². The van der Waals surface area contributed by atoms with E-state index in [0.717, 1.165) is 22.4 Å². The van der Waals surface area contributed by atoms with Crippen molar-refractivity contribution in [3.63, 3.8) is 0 Å². The molecule has 0 aliphatic heterocycles. The van der Waals surface area contributed by atoms with Crippen LogP contribution in [0.2, 0.25) is 0 Å². The summed E-state index contributed by atoms with van der Waals surface area (Å²) in [5, 5.41) is 3.81. The summed E-state index contributed by atoms with van der Waals surface area (Å²) in [6, 6.07) is 11.6. The minimum Gasteiger partial charge on any atom is -0.395 e. The zero-order chi connectivity index (χ0) is 26.7. The van der Waals surface area contributed by atoms with Crippen LogP contribution in [0.4, 0.5) is 5.69 Å². The molecule has 0 spiro atoms. The summed E-state index contributed by atoms with van der Waals surface area (Å²) in [4.78, 5) is 49.5. The van der Waals surface area contributed by atoms with Crippen molar-refractivity contribution in [3.8, 4) is 0 Å². The average Bonchev–Trinajstić information content (AvgIpc) is 3.24. The summed E-state index contributed by atoms with van der Waals surface area (Å²) in [7, 11) is 0. The number of anilines is 1. The Labute approximate surface area is 217 Å². The van der Waals surface area contributed by atoms with Crippen molar-refractivity contribution < 1.29 is 14.4 Å². The van der Waals surface area contributed by atoms with Gasteiger partial charge in [-0.25, -0.2) is 0 Å². The Morgan fingerprint density at radius 1 is 1.11 bits per heavy atom. The zero-order valence-electron chi connectivity index (χ0n) is 20.6. The molecule has 11 heteroatoms. The number of nitrogens with two attached hydrogens (primary N) is 2. The highest BCUT2D eigenvalue weighted by Crippen LogP contribution is 2.31. The highest BCUT2D eigenvalue weighted by molar-refractivity contribution is 7.09. The Balaban J connectivity index is 1.88. The van der Waals surface area contributed by atoms with Crippen LogP contribution < -0.4 is 16.8 Å². The largest absolute Gasteiger partial charge is 0.395 e. The molecule has 4 rings (SSSR count). The molecule has 3 aromatic heterocycles. The zero-order valence-corrected chi connectivity index (χ0v) is 21.5. The van der Waals surface area contributed by atoms with Crippen LogP contribution in [0.5, 0.6) is 0 Å². The van der Waals surface area contributed by atoms with Gasteiger partial charge < -0.3 is 21.7 Å². The second-order valence-electron chi connectivity index (χ2n) is 9.53. The third-order valence-electron chi connectivity index (χ3n) is 5.49. The number of carbonyl (C=O) groups excluding carboxylic acids is 3. The maximum Gasteiger partial charge on any atom is 0.270 e. The lowest BCUT2D eigenvalue weighted by Crippen LogP contribution is -2.49. The molecule has 4 aromatic rings. The monoisotopic (exact) mass is 517 g/mol. The van der Waals surface area contributed by atoms with Crippen LogP contribution in [0.1, 0.15) is 58.1 Å². The number of benzene rings is 1. The number of pyridine rings is 2. The molecule has 0 radical (unpaired) electrons. The third-order valence-corrected chi connectivity index (χ3v) is 6.34. The number of hydrogen-bond acceptors (Lipinski definition) is 8. The molecule has 37 heavy (non-hydrogen) atoms. The van der Waals surface area contributed by atoms with Gasteiger partial charge in [-0.1, -0.05) is 18.2 Å². The fraction of sp³-hybridized carbons (Fsp3) is 0.231. The van der Waals surface area contributed by atoms with Gasteiger partial charge in [0.1, 0.15) is 10.9 Å². The van der Waals surface area contributed by atoms with E-state index in [-0.39, 0.29) is 28.7 Å². The summed E-state index contributed by atoms with van der Waals surface area (Å²) in [5.74, 6) is -1.78. The van der Waals surface area contributed by atoms with E-state index < -0.39 is 23.4 Å².